The van der Waals surface area contributed by atoms with Gasteiger partial charge >= 0.3 is 0 Å². The number of benzene rings is 1. The fourth-order valence-electron chi connectivity index (χ4n) is 2.15. The van der Waals surface area contributed by atoms with E-state index >= 15 is 0 Å². The van der Waals surface area contributed by atoms with Gasteiger partial charge in [-0.2, -0.15) is 0 Å². The zero-order chi connectivity index (χ0) is 11.7. The first-order valence-corrected chi connectivity index (χ1v) is 5.79. The quantitative estimate of drug-likeness (QED) is 0.829. The van der Waals surface area contributed by atoms with Crippen LogP contribution >= 0.6 is 0 Å². The normalized spacial score (nSPS) is 19.6. The van der Waals surface area contributed by atoms with Gasteiger partial charge in [-0.25, -0.2) is 4.98 Å². The smallest absolute Gasteiger partial charge is 0.230 e. The van der Waals surface area contributed by atoms with Crippen LogP contribution in [0.15, 0.2) is 34.9 Å². The van der Waals surface area contributed by atoms with E-state index in [9.17, 15) is 5.11 Å². The fraction of sp³-hybridized carbons (Fsp3) is 0.308. The molecule has 1 aromatic carbocycles. The van der Waals surface area contributed by atoms with Gasteiger partial charge in [0.1, 0.15) is 11.5 Å². The van der Waals surface area contributed by atoms with Crippen LogP contribution in [0, 0.1) is 0 Å². The highest BCUT2D eigenvalue weighted by Gasteiger charge is 2.21. The minimum Gasteiger partial charge on any atom is -0.507 e. The highest BCUT2D eigenvalue weighted by Crippen LogP contribution is 2.31. The van der Waals surface area contributed by atoms with Gasteiger partial charge in [0.05, 0.1) is 11.8 Å². The van der Waals surface area contributed by atoms with E-state index in [1.807, 2.05) is 6.07 Å². The molecule has 2 aromatic rings. The molecule has 3 rings (SSSR count). The maximum absolute atomic E-state index is 9.73. The van der Waals surface area contributed by atoms with E-state index in [0.717, 1.165) is 25.3 Å². The predicted octanol–water partition coefficient (Wildman–Crippen LogP) is 2.12. The summed E-state index contributed by atoms with van der Waals surface area (Å²) in [4.78, 5) is 4.24. The Kier molecular flexibility index (Phi) is 2.57. The molecule has 0 saturated carbocycles. The number of nitrogens with zero attached hydrogens (tertiary/aromatic N) is 1. The summed E-state index contributed by atoms with van der Waals surface area (Å²) < 4.78 is 5.72. The van der Waals surface area contributed by atoms with Crippen molar-refractivity contribution in [3.05, 3.63) is 36.2 Å². The molecule has 1 aliphatic rings. The standard InChI is InChI=1S/C13H14N2O2/c16-11-4-2-1-3-10(11)13-15-8-12(17-13)9-5-6-14-7-9/h1-4,8-9,14,16H,5-7H2. The van der Waals surface area contributed by atoms with E-state index < -0.39 is 0 Å². The van der Waals surface area contributed by atoms with Gasteiger partial charge < -0.3 is 14.8 Å². The molecule has 0 amide bonds. The Morgan fingerprint density at radius 3 is 3.00 bits per heavy atom. The zero-order valence-electron chi connectivity index (χ0n) is 9.39. The third-order valence-corrected chi connectivity index (χ3v) is 3.12. The highest BCUT2D eigenvalue weighted by molar-refractivity contribution is 5.61. The number of phenolic OH excluding ortho intramolecular Hbond substituents is 1. The fourth-order valence-corrected chi connectivity index (χ4v) is 2.15. The van der Waals surface area contributed by atoms with Crippen LogP contribution in [0.5, 0.6) is 5.75 Å². The highest BCUT2D eigenvalue weighted by atomic mass is 16.4. The summed E-state index contributed by atoms with van der Waals surface area (Å²) in [6, 6.07) is 7.08. The molecule has 0 bridgehead atoms. The van der Waals surface area contributed by atoms with E-state index in [0.29, 0.717) is 17.4 Å². The molecular formula is C13H14N2O2. The first-order chi connectivity index (χ1) is 8.34. The van der Waals surface area contributed by atoms with Gasteiger partial charge in [0.25, 0.3) is 0 Å². The summed E-state index contributed by atoms with van der Waals surface area (Å²) in [5.74, 6) is 1.99. The maximum atomic E-state index is 9.73. The Hall–Kier alpha value is -1.81. The molecule has 1 aliphatic heterocycles. The van der Waals surface area contributed by atoms with E-state index in [2.05, 4.69) is 10.3 Å². The number of hydrogen-bond donors (Lipinski definition) is 2. The van der Waals surface area contributed by atoms with Gasteiger partial charge in [-0.05, 0) is 25.1 Å². The lowest BCUT2D eigenvalue weighted by molar-refractivity contribution is 0.461. The molecule has 0 radical (unpaired) electrons. The van der Waals surface area contributed by atoms with Gasteiger partial charge in [-0.15, -0.1) is 0 Å². The molecule has 1 atom stereocenters. The minimum absolute atomic E-state index is 0.199. The Morgan fingerprint density at radius 2 is 2.24 bits per heavy atom. The second-order valence-corrected chi connectivity index (χ2v) is 4.27. The molecule has 4 nitrogen and oxygen atoms in total. The molecule has 0 spiro atoms. The van der Waals surface area contributed by atoms with Gasteiger partial charge in [0.2, 0.25) is 5.89 Å². The van der Waals surface area contributed by atoms with Crippen molar-refractivity contribution in [1.82, 2.24) is 10.3 Å². The lowest BCUT2D eigenvalue weighted by atomic mass is 10.1. The number of para-hydroxylation sites is 1. The Bertz CT molecular complexity index is 516. The second-order valence-electron chi connectivity index (χ2n) is 4.27. The van der Waals surface area contributed by atoms with Crippen molar-refractivity contribution in [3.63, 3.8) is 0 Å². The lowest BCUT2D eigenvalue weighted by Crippen LogP contribution is -2.07. The molecule has 4 heteroatoms. The van der Waals surface area contributed by atoms with Gasteiger partial charge in [0, 0.05) is 12.5 Å². The summed E-state index contributed by atoms with van der Waals surface area (Å²) >= 11 is 0. The zero-order valence-corrected chi connectivity index (χ0v) is 9.39. The second kappa shape index (κ2) is 4.22. The van der Waals surface area contributed by atoms with Crippen LogP contribution in [-0.2, 0) is 0 Å². The van der Waals surface area contributed by atoms with Gasteiger partial charge in [-0.1, -0.05) is 12.1 Å². The number of phenols is 1. The van der Waals surface area contributed by atoms with Crippen molar-refractivity contribution in [2.24, 2.45) is 0 Å². The topological polar surface area (TPSA) is 58.3 Å². The average Bonchev–Trinajstić information content (AvgIpc) is 3.00. The summed E-state index contributed by atoms with van der Waals surface area (Å²) in [6.45, 7) is 1.96. The van der Waals surface area contributed by atoms with Crippen LogP contribution in [0.4, 0.5) is 0 Å². The SMILES string of the molecule is Oc1ccccc1-c1ncc(C2CCNC2)o1. The van der Waals surface area contributed by atoms with Crippen molar-refractivity contribution in [2.45, 2.75) is 12.3 Å². The maximum Gasteiger partial charge on any atom is 0.230 e. The molecule has 17 heavy (non-hydrogen) atoms. The molecule has 1 aromatic heterocycles. The molecule has 2 heterocycles. The molecule has 1 unspecified atom stereocenters. The Labute approximate surface area is 99.3 Å². The largest absolute Gasteiger partial charge is 0.507 e. The monoisotopic (exact) mass is 230 g/mol. The summed E-state index contributed by atoms with van der Waals surface area (Å²) in [5.41, 5.74) is 0.643. The molecule has 2 N–H and O–H groups in total. The Balaban J connectivity index is 1.92. The van der Waals surface area contributed by atoms with Crippen molar-refractivity contribution in [2.75, 3.05) is 13.1 Å². The summed E-state index contributed by atoms with van der Waals surface area (Å²) in [6.07, 6.45) is 2.84. The van der Waals surface area contributed by atoms with Crippen molar-refractivity contribution in [1.29, 1.82) is 0 Å². The third-order valence-electron chi connectivity index (χ3n) is 3.12. The molecule has 88 valence electrons. The van der Waals surface area contributed by atoms with Crippen molar-refractivity contribution < 1.29 is 9.52 Å². The van der Waals surface area contributed by atoms with Crippen molar-refractivity contribution >= 4 is 0 Å². The van der Waals surface area contributed by atoms with Crippen molar-refractivity contribution in [3.8, 4) is 17.2 Å². The van der Waals surface area contributed by atoms with E-state index in [1.54, 1.807) is 24.4 Å². The van der Waals surface area contributed by atoms with Crippen LogP contribution in [-0.4, -0.2) is 23.2 Å². The van der Waals surface area contributed by atoms with Crippen LogP contribution in [0.25, 0.3) is 11.5 Å². The summed E-state index contributed by atoms with van der Waals surface area (Å²) in [5, 5.41) is 13.0. The average molecular weight is 230 g/mol. The number of aromatic nitrogens is 1. The number of rotatable bonds is 2. The van der Waals surface area contributed by atoms with Crippen LogP contribution < -0.4 is 5.32 Å². The number of hydrogen-bond acceptors (Lipinski definition) is 4. The first kappa shape index (κ1) is 10.4. The summed E-state index contributed by atoms with van der Waals surface area (Å²) in [7, 11) is 0. The first-order valence-electron chi connectivity index (χ1n) is 5.79. The Morgan fingerprint density at radius 1 is 1.35 bits per heavy atom. The molecule has 0 aliphatic carbocycles. The van der Waals surface area contributed by atoms with E-state index in [-0.39, 0.29) is 5.75 Å². The number of nitrogens with one attached hydrogen (secondary N) is 1. The van der Waals surface area contributed by atoms with Crippen LogP contribution in [0.3, 0.4) is 0 Å². The lowest BCUT2D eigenvalue weighted by Gasteiger charge is -2.02. The number of oxazole rings is 1. The van der Waals surface area contributed by atoms with E-state index in [4.69, 9.17) is 4.42 Å². The third kappa shape index (κ3) is 1.91. The predicted molar refractivity (Wildman–Crippen MR) is 63.8 cm³/mol. The van der Waals surface area contributed by atoms with E-state index in [1.165, 1.54) is 0 Å². The van der Waals surface area contributed by atoms with Crippen LogP contribution in [0.1, 0.15) is 18.1 Å². The number of aromatic hydroxyl groups is 1. The van der Waals surface area contributed by atoms with Gasteiger partial charge in [0.15, 0.2) is 0 Å². The molecule has 1 fully saturated rings. The minimum atomic E-state index is 0.199. The van der Waals surface area contributed by atoms with Crippen LogP contribution in [0.2, 0.25) is 0 Å². The van der Waals surface area contributed by atoms with Gasteiger partial charge in [-0.3, -0.25) is 0 Å². The molecule has 1 saturated heterocycles. The molecular weight excluding hydrogens is 216 g/mol.